The normalized spacial score (nSPS) is 12.0. The highest BCUT2D eigenvalue weighted by Crippen LogP contribution is 2.29. The molecule has 0 aliphatic heterocycles. The van der Waals surface area contributed by atoms with E-state index in [4.69, 9.17) is 9.47 Å². The number of esters is 2. The number of rotatable bonds is 5. The summed E-state index contributed by atoms with van der Waals surface area (Å²) < 4.78 is 10.6. The van der Waals surface area contributed by atoms with E-state index in [0.717, 1.165) is 22.5 Å². The Labute approximate surface area is 171 Å². The number of hydrogen-bond acceptors (Lipinski definition) is 7. The summed E-state index contributed by atoms with van der Waals surface area (Å²) in [5.74, 6) is -0.753. The predicted molar refractivity (Wildman–Crippen MR) is 111 cm³/mol. The second-order valence-corrected chi connectivity index (χ2v) is 7.77. The minimum Gasteiger partial charge on any atom is -0.462 e. The van der Waals surface area contributed by atoms with Crippen molar-refractivity contribution in [3.63, 3.8) is 0 Å². The van der Waals surface area contributed by atoms with Gasteiger partial charge in [-0.15, -0.1) is 11.3 Å². The van der Waals surface area contributed by atoms with Crippen LogP contribution in [0.1, 0.15) is 62.5 Å². The van der Waals surface area contributed by atoms with Crippen molar-refractivity contribution in [1.29, 1.82) is 0 Å². The first-order valence-corrected chi connectivity index (χ1v) is 10.0. The van der Waals surface area contributed by atoms with Crippen LogP contribution in [-0.4, -0.2) is 28.5 Å². The lowest BCUT2D eigenvalue weighted by molar-refractivity contribution is 0.0318. The average molecular weight is 414 g/mol. The number of fused-ring (bicyclic) bond motifs is 1. The lowest BCUT2D eigenvalue weighted by Crippen LogP contribution is -2.17. The monoisotopic (exact) mass is 414 g/mol. The van der Waals surface area contributed by atoms with E-state index in [0.29, 0.717) is 26.2 Å². The topological polar surface area (TPSA) is 98.3 Å². The standard InChI is InChI=1S/C21H22N2O5S/c1-6-27-21(26)16-12(4)15-18(24)22-17(23-19(15)29-16)13(5)28-20(25)14-9-10(2)7-8-11(14)3/h7-9,13H,6H2,1-5H3,(H,22,23,24)/t13-/m1/s1. The molecule has 8 heteroatoms. The van der Waals surface area contributed by atoms with E-state index < -0.39 is 18.0 Å². The maximum Gasteiger partial charge on any atom is 0.348 e. The summed E-state index contributed by atoms with van der Waals surface area (Å²) in [5.41, 5.74) is 2.37. The van der Waals surface area contributed by atoms with Gasteiger partial charge in [0.1, 0.15) is 9.71 Å². The molecule has 0 radical (unpaired) electrons. The number of H-pyrrole nitrogens is 1. The number of aromatic nitrogens is 2. The molecule has 0 fully saturated rings. The highest BCUT2D eigenvalue weighted by molar-refractivity contribution is 7.20. The van der Waals surface area contributed by atoms with Crippen molar-refractivity contribution in [2.24, 2.45) is 0 Å². The number of aromatic amines is 1. The molecule has 29 heavy (non-hydrogen) atoms. The SMILES string of the molecule is CCOC(=O)c1sc2nc([C@@H](C)OC(=O)c3cc(C)ccc3C)[nH]c(=O)c2c1C. The number of benzene rings is 1. The van der Waals surface area contributed by atoms with Crippen LogP contribution in [0.5, 0.6) is 0 Å². The van der Waals surface area contributed by atoms with Gasteiger partial charge in [-0.25, -0.2) is 14.6 Å². The largest absolute Gasteiger partial charge is 0.462 e. The molecule has 1 N–H and O–H groups in total. The van der Waals surface area contributed by atoms with E-state index in [2.05, 4.69) is 9.97 Å². The Kier molecular flexibility index (Phi) is 5.83. The van der Waals surface area contributed by atoms with Crippen LogP contribution >= 0.6 is 11.3 Å². The van der Waals surface area contributed by atoms with E-state index in [1.54, 1.807) is 26.8 Å². The van der Waals surface area contributed by atoms with E-state index >= 15 is 0 Å². The number of aryl methyl sites for hydroxylation is 3. The lowest BCUT2D eigenvalue weighted by atomic mass is 10.1. The fourth-order valence-electron chi connectivity index (χ4n) is 2.98. The molecule has 3 rings (SSSR count). The zero-order chi connectivity index (χ0) is 21.3. The molecule has 0 aliphatic rings. The van der Waals surface area contributed by atoms with Gasteiger partial charge in [0, 0.05) is 0 Å². The third-order valence-electron chi connectivity index (χ3n) is 4.56. The third kappa shape index (κ3) is 4.07. The quantitative estimate of drug-likeness (QED) is 0.634. The maximum absolute atomic E-state index is 12.6. The van der Waals surface area contributed by atoms with Gasteiger partial charge < -0.3 is 14.5 Å². The summed E-state index contributed by atoms with van der Waals surface area (Å²) in [5, 5.41) is 0.342. The van der Waals surface area contributed by atoms with Gasteiger partial charge in [0.25, 0.3) is 5.56 Å². The second kappa shape index (κ2) is 8.16. The van der Waals surface area contributed by atoms with Crippen molar-refractivity contribution in [2.45, 2.75) is 40.7 Å². The van der Waals surface area contributed by atoms with Crippen LogP contribution in [0.3, 0.4) is 0 Å². The lowest BCUT2D eigenvalue weighted by Gasteiger charge is -2.14. The first-order valence-electron chi connectivity index (χ1n) is 9.21. The van der Waals surface area contributed by atoms with Crippen molar-refractivity contribution < 1.29 is 19.1 Å². The molecular weight excluding hydrogens is 392 g/mol. The molecule has 0 saturated heterocycles. The Morgan fingerprint density at radius 3 is 2.62 bits per heavy atom. The summed E-state index contributed by atoms with van der Waals surface area (Å²) in [6, 6.07) is 5.54. The molecular formula is C21H22N2O5S. The van der Waals surface area contributed by atoms with E-state index in [1.165, 1.54) is 0 Å². The van der Waals surface area contributed by atoms with Crippen LogP contribution in [0.15, 0.2) is 23.0 Å². The number of nitrogens with one attached hydrogen (secondary N) is 1. The number of nitrogens with zero attached hydrogens (tertiary/aromatic N) is 1. The number of carbonyl (C=O) groups is 2. The summed E-state index contributed by atoms with van der Waals surface area (Å²) in [7, 11) is 0. The maximum atomic E-state index is 12.6. The highest BCUT2D eigenvalue weighted by Gasteiger charge is 2.23. The molecule has 0 amide bonds. The summed E-state index contributed by atoms with van der Waals surface area (Å²) in [6.07, 6.45) is -0.770. The van der Waals surface area contributed by atoms with Crippen molar-refractivity contribution in [1.82, 2.24) is 9.97 Å². The second-order valence-electron chi connectivity index (χ2n) is 6.77. The van der Waals surface area contributed by atoms with Gasteiger partial charge in [0.05, 0.1) is 17.6 Å². The smallest absolute Gasteiger partial charge is 0.348 e. The molecule has 1 aromatic carbocycles. The Bertz CT molecular complexity index is 1160. The van der Waals surface area contributed by atoms with Crippen LogP contribution in [-0.2, 0) is 9.47 Å². The first kappa shape index (κ1) is 20.7. The number of thiophene rings is 1. The van der Waals surface area contributed by atoms with Crippen molar-refractivity contribution >= 4 is 33.5 Å². The Morgan fingerprint density at radius 1 is 1.21 bits per heavy atom. The van der Waals surface area contributed by atoms with Gasteiger partial charge >= 0.3 is 11.9 Å². The van der Waals surface area contributed by atoms with Crippen molar-refractivity contribution in [2.75, 3.05) is 6.61 Å². The molecule has 2 heterocycles. The zero-order valence-corrected chi connectivity index (χ0v) is 17.7. The van der Waals surface area contributed by atoms with Crippen LogP contribution < -0.4 is 5.56 Å². The highest BCUT2D eigenvalue weighted by atomic mass is 32.1. The van der Waals surface area contributed by atoms with Crippen LogP contribution in [0.4, 0.5) is 0 Å². The Morgan fingerprint density at radius 2 is 1.93 bits per heavy atom. The zero-order valence-electron chi connectivity index (χ0n) is 16.9. The Hall–Kier alpha value is -3.00. The van der Waals surface area contributed by atoms with Gasteiger partial charge in [0.15, 0.2) is 11.9 Å². The van der Waals surface area contributed by atoms with Crippen LogP contribution in [0.2, 0.25) is 0 Å². The molecule has 152 valence electrons. The van der Waals surface area contributed by atoms with Gasteiger partial charge in [-0.3, -0.25) is 4.79 Å². The summed E-state index contributed by atoms with van der Waals surface area (Å²) in [4.78, 5) is 45.1. The molecule has 0 saturated carbocycles. The molecule has 0 bridgehead atoms. The van der Waals surface area contributed by atoms with E-state index in [9.17, 15) is 14.4 Å². The van der Waals surface area contributed by atoms with Crippen molar-refractivity contribution in [3.05, 3.63) is 61.5 Å². The Balaban J connectivity index is 1.93. The van der Waals surface area contributed by atoms with Gasteiger partial charge in [0.2, 0.25) is 0 Å². The molecule has 1 atom stereocenters. The average Bonchev–Trinajstić information content (AvgIpc) is 3.01. The predicted octanol–water partition coefficient (Wildman–Crippen LogP) is 4.00. The van der Waals surface area contributed by atoms with Gasteiger partial charge in [-0.05, 0) is 51.8 Å². The third-order valence-corrected chi connectivity index (χ3v) is 5.73. The minimum absolute atomic E-state index is 0.220. The fourth-order valence-corrected chi connectivity index (χ4v) is 4.06. The number of carbonyl (C=O) groups excluding carboxylic acids is 2. The molecule has 7 nitrogen and oxygen atoms in total. The summed E-state index contributed by atoms with van der Waals surface area (Å²) in [6.45, 7) is 9.01. The number of ether oxygens (including phenoxy) is 2. The van der Waals surface area contributed by atoms with Crippen LogP contribution in [0, 0.1) is 20.8 Å². The molecule has 3 aromatic rings. The van der Waals surface area contributed by atoms with E-state index in [1.807, 2.05) is 26.0 Å². The van der Waals surface area contributed by atoms with Crippen molar-refractivity contribution in [3.8, 4) is 0 Å². The van der Waals surface area contributed by atoms with Crippen LogP contribution in [0.25, 0.3) is 10.2 Å². The fraction of sp³-hybridized carbons (Fsp3) is 0.333. The molecule has 0 unspecified atom stereocenters. The first-order chi connectivity index (χ1) is 13.7. The van der Waals surface area contributed by atoms with E-state index in [-0.39, 0.29) is 18.0 Å². The summed E-state index contributed by atoms with van der Waals surface area (Å²) >= 11 is 1.09. The molecule has 0 spiro atoms. The molecule has 2 aromatic heterocycles. The number of hydrogen-bond donors (Lipinski definition) is 1. The van der Waals surface area contributed by atoms with Gasteiger partial charge in [-0.1, -0.05) is 17.7 Å². The van der Waals surface area contributed by atoms with Gasteiger partial charge in [-0.2, -0.15) is 0 Å². The molecule has 0 aliphatic carbocycles. The minimum atomic E-state index is -0.770.